The topological polar surface area (TPSA) is 83.2 Å². The fourth-order valence-corrected chi connectivity index (χ4v) is 1.03. The highest BCUT2D eigenvalue weighted by Gasteiger charge is 2.10. The lowest BCUT2D eigenvalue weighted by Crippen LogP contribution is -2.20. The number of rotatable bonds is 1. The Bertz CT molecular complexity index is 300. The van der Waals surface area contributed by atoms with Crippen LogP contribution in [0.4, 0.5) is 5.82 Å². The molecule has 5 heteroatoms. The fourth-order valence-electron chi connectivity index (χ4n) is 0.686. The Hall–Kier alpha value is -1.10. The van der Waals surface area contributed by atoms with Crippen LogP contribution in [0.25, 0.3) is 0 Å². The molecule has 4 nitrogen and oxygen atoms in total. The van der Waals surface area contributed by atoms with Gasteiger partial charge in [0.15, 0.2) is 0 Å². The van der Waals surface area contributed by atoms with Crippen molar-refractivity contribution in [3.8, 4) is 0 Å². The number of pyridine rings is 1. The van der Waals surface area contributed by atoms with E-state index in [2.05, 4.69) is 20.9 Å². The average molecular weight is 217 g/mol. The van der Waals surface area contributed by atoms with Crippen LogP contribution in [0.15, 0.2) is 16.7 Å². The number of halogens is 1. The molecule has 0 unspecified atom stereocenters. The van der Waals surface area contributed by atoms with Crippen LogP contribution < -0.4 is 16.5 Å². The number of anilines is 1. The molecule has 1 aromatic heterocycles. The van der Waals surface area contributed by atoms with Gasteiger partial charge in [-0.15, -0.1) is 0 Å². The van der Waals surface area contributed by atoms with Crippen molar-refractivity contribution in [1.29, 1.82) is 0 Å². The predicted molar refractivity (Wildman–Crippen MR) is 43.6 cm³/mol. The summed E-state index contributed by atoms with van der Waals surface area (Å²) in [5, 5.41) is 0. The van der Waals surface area contributed by atoms with Gasteiger partial charge in [0.25, 0.3) is 11.7 Å². The molecule has 0 aliphatic rings. The lowest BCUT2D eigenvalue weighted by Gasteiger charge is -1.94. The summed E-state index contributed by atoms with van der Waals surface area (Å²) >= 11 is 3.17. The Morgan fingerprint density at radius 3 is 2.73 bits per heavy atom. The molecule has 0 aliphatic carbocycles. The molecule has 0 aliphatic heterocycles. The Labute approximate surface area is 71.7 Å². The molecule has 1 rings (SSSR count). The summed E-state index contributed by atoms with van der Waals surface area (Å²) in [5.41, 5.74) is 10.7. The minimum atomic E-state index is -0.542. The number of amides is 1. The first-order chi connectivity index (χ1) is 5.11. The van der Waals surface area contributed by atoms with E-state index in [4.69, 9.17) is 11.5 Å². The number of hydrogen-bond donors (Lipinski definition) is 2. The van der Waals surface area contributed by atoms with E-state index in [0.29, 0.717) is 5.56 Å². The van der Waals surface area contributed by atoms with Crippen LogP contribution in [0.3, 0.4) is 0 Å². The Morgan fingerprint density at radius 1 is 1.64 bits per heavy atom. The van der Waals surface area contributed by atoms with Crippen LogP contribution in [0.1, 0.15) is 10.4 Å². The van der Waals surface area contributed by atoms with Crippen molar-refractivity contribution < 1.29 is 9.78 Å². The van der Waals surface area contributed by atoms with Gasteiger partial charge in [-0.2, -0.15) is 0 Å². The maximum absolute atomic E-state index is 10.7. The van der Waals surface area contributed by atoms with Gasteiger partial charge in [-0.25, -0.2) is 4.98 Å². The molecule has 0 radical (unpaired) electrons. The van der Waals surface area contributed by atoms with Crippen LogP contribution in [-0.4, -0.2) is 5.91 Å². The highest BCUT2D eigenvalue weighted by Crippen LogP contribution is 2.11. The second-order valence-corrected chi connectivity index (χ2v) is 2.93. The first-order valence-corrected chi connectivity index (χ1v) is 3.67. The van der Waals surface area contributed by atoms with Gasteiger partial charge in [0.1, 0.15) is 11.8 Å². The normalized spacial score (nSPS) is 9.55. The Balaban J connectivity index is 3.23. The molecule has 58 valence electrons. The molecule has 0 atom stereocenters. The quantitative estimate of drug-likeness (QED) is 0.690. The maximum Gasteiger partial charge on any atom is 0.283 e. The molecule has 0 saturated carbocycles. The predicted octanol–water partition coefficient (Wildman–Crippen LogP) is -0.0557. The Kier molecular flexibility index (Phi) is 2.09. The van der Waals surface area contributed by atoms with Crippen LogP contribution in [-0.2, 0) is 0 Å². The summed E-state index contributed by atoms with van der Waals surface area (Å²) in [4.78, 5) is 13.4. The number of carbonyl (C=O) groups is 1. The molecule has 11 heavy (non-hydrogen) atoms. The van der Waals surface area contributed by atoms with Gasteiger partial charge in [0.2, 0.25) is 0 Å². The van der Waals surface area contributed by atoms with Gasteiger partial charge in [-0.3, -0.25) is 10.5 Å². The second-order valence-electron chi connectivity index (χ2n) is 2.01. The lowest BCUT2D eigenvalue weighted by molar-refractivity contribution is -0.361. The summed E-state index contributed by atoms with van der Waals surface area (Å²) in [6.07, 6.45) is 1.63. The smallest absolute Gasteiger partial charge is 0.283 e. The minimum Gasteiger partial charge on any atom is -0.365 e. The van der Waals surface area contributed by atoms with E-state index >= 15 is 0 Å². The van der Waals surface area contributed by atoms with Crippen molar-refractivity contribution in [3.05, 3.63) is 22.3 Å². The van der Waals surface area contributed by atoms with Crippen LogP contribution in [0.2, 0.25) is 0 Å². The van der Waals surface area contributed by atoms with E-state index in [-0.39, 0.29) is 5.82 Å². The van der Waals surface area contributed by atoms with Gasteiger partial charge < -0.3 is 5.73 Å². The van der Waals surface area contributed by atoms with Crippen LogP contribution >= 0.6 is 15.9 Å². The van der Waals surface area contributed by atoms with Crippen LogP contribution in [0.5, 0.6) is 0 Å². The summed E-state index contributed by atoms with van der Waals surface area (Å²) < 4.78 is 0.737. The van der Waals surface area contributed by atoms with E-state index in [0.717, 1.165) is 4.47 Å². The molecule has 0 aromatic carbocycles. The number of nitrogen functional groups attached to an aromatic ring is 1. The molecule has 0 bridgehead atoms. The largest absolute Gasteiger partial charge is 0.365 e. The Morgan fingerprint density at radius 2 is 2.27 bits per heavy atom. The van der Waals surface area contributed by atoms with Crippen molar-refractivity contribution in [2.75, 3.05) is 5.73 Å². The van der Waals surface area contributed by atoms with Crippen molar-refractivity contribution in [3.63, 3.8) is 0 Å². The number of nitrogens with two attached hydrogens (primary N) is 2. The molecule has 0 saturated heterocycles. The van der Waals surface area contributed by atoms with E-state index in [9.17, 15) is 4.79 Å². The van der Waals surface area contributed by atoms with Crippen molar-refractivity contribution in [1.82, 2.24) is 0 Å². The van der Waals surface area contributed by atoms with Gasteiger partial charge >= 0.3 is 0 Å². The SMILES string of the molecule is NC(=O)c1cc(Br)c[nH+]c1N. The van der Waals surface area contributed by atoms with E-state index < -0.39 is 5.91 Å². The average Bonchev–Trinajstić information content (AvgIpc) is 1.94. The van der Waals surface area contributed by atoms with Gasteiger partial charge in [0, 0.05) is 0 Å². The number of primary amides is 1. The number of H-pyrrole nitrogens is 1. The second kappa shape index (κ2) is 2.87. The molecular formula is C6H7BrN3O+. The zero-order valence-electron chi connectivity index (χ0n) is 5.60. The van der Waals surface area contributed by atoms with E-state index in [1.165, 1.54) is 0 Å². The number of nitrogens with one attached hydrogen (secondary N) is 1. The van der Waals surface area contributed by atoms with Gasteiger partial charge in [-0.05, 0) is 22.0 Å². The van der Waals surface area contributed by atoms with Gasteiger partial charge in [0.05, 0.1) is 4.47 Å². The van der Waals surface area contributed by atoms with Gasteiger partial charge in [-0.1, -0.05) is 0 Å². The molecule has 1 amide bonds. The third kappa shape index (κ3) is 1.68. The lowest BCUT2D eigenvalue weighted by atomic mass is 10.2. The van der Waals surface area contributed by atoms with E-state index in [1.807, 2.05) is 0 Å². The maximum atomic E-state index is 10.7. The number of aromatic amines is 1. The molecule has 0 spiro atoms. The fraction of sp³-hybridized carbons (Fsp3) is 0. The zero-order valence-corrected chi connectivity index (χ0v) is 7.18. The third-order valence-corrected chi connectivity index (χ3v) is 1.66. The molecular weight excluding hydrogens is 210 g/mol. The first-order valence-electron chi connectivity index (χ1n) is 2.88. The van der Waals surface area contributed by atoms with Crippen LogP contribution in [0, 0.1) is 0 Å². The standard InChI is InChI=1S/C6H6BrN3O/c7-3-1-4(6(9)11)5(8)10-2-3/h1-2H,(H2,8,10)(H2,9,11)/p+1. The number of carbonyl (C=O) groups excluding carboxylic acids is 1. The summed E-state index contributed by atoms with van der Waals surface area (Å²) in [5.74, 6) is -0.263. The van der Waals surface area contributed by atoms with Crippen molar-refractivity contribution in [2.45, 2.75) is 0 Å². The monoisotopic (exact) mass is 216 g/mol. The number of aromatic nitrogens is 1. The summed E-state index contributed by atoms with van der Waals surface area (Å²) in [7, 11) is 0. The van der Waals surface area contributed by atoms with Crippen molar-refractivity contribution >= 4 is 27.7 Å². The van der Waals surface area contributed by atoms with E-state index in [1.54, 1.807) is 12.3 Å². The molecule has 1 heterocycles. The minimum absolute atomic E-state index is 0.278. The van der Waals surface area contributed by atoms with Crippen molar-refractivity contribution in [2.24, 2.45) is 5.73 Å². The number of hydrogen-bond acceptors (Lipinski definition) is 2. The molecule has 0 fully saturated rings. The highest BCUT2D eigenvalue weighted by atomic mass is 79.9. The molecule has 5 N–H and O–H groups in total. The summed E-state index contributed by atoms with van der Waals surface area (Å²) in [6, 6.07) is 1.56. The first kappa shape index (κ1) is 8.00. The third-order valence-electron chi connectivity index (χ3n) is 1.20. The molecule has 1 aromatic rings. The summed E-state index contributed by atoms with van der Waals surface area (Å²) in [6.45, 7) is 0. The highest BCUT2D eigenvalue weighted by molar-refractivity contribution is 9.10. The zero-order chi connectivity index (χ0) is 8.43.